The predicted octanol–water partition coefficient (Wildman–Crippen LogP) is 3.34. The SMILES string of the molecule is COc1ccc(C(=O)Nc2cccc(C(=O)Cl)c2)cc1OC. The monoisotopic (exact) mass is 319 g/mol. The fourth-order valence-electron chi connectivity index (χ4n) is 1.90. The lowest BCUT2D eigenvalue weighted by Crippen LogP contribution is -2.12. The van der Waals surface area contributed by atoms with Gasteiger partial charge < -0.3 is 14.8 Å². The molecular weight excluding hydrogens is 306 g/mol. The lowest BCUT2D eigenvalue weighted by molar-refractivity contribution is 0.102. The largest absolute Gasteiger partial charge is 0.493 e. The zero-order valence-corrected chi connectivity index (χ0v) is 12.8. The van der Waals surface area contributed by atoms with E-state index in [0.717, 1.165) is 0 Å². The Labute approximate surface area is 132 Å². The van der Waals surface area contributed by atoms with Crippen LogP contribution in [0.5, 0.6) is 11.5 Å². The van der Waals surface area contributed by atoms with E-state index in [1.54, 1.807) is 36.4 Å². The molecule has 0 aliphatic rings. The third-order valence-electron chi connectivity index (χ3n) is 2.99. The van der Waals surface area contributed by atoms with Crippen LogP contribution in [0.25, 0.3) is 0 Å². The molecule has 0 aliphatic carbocycles. The van der Waals surface area contributed by atoms with Crippen LogP contribution in [0.3, 0.4) is 0 Å². The smallest absolute Gasteiger partial charge is 0.255 e. The Kier molecular flexibility index (Phi) is 5.01. The maximum absolute atomic E-state index is 12.2. The average molecular weight is 320 g/mol. The van der Waals surface area contributed by atoms with Crippen molar-refractivity contribution in [1.29, 1.82) is 0 Å². The molecule has 2 aromatic carbocycles. The van der Waals surface area contributed by atoms with Gasteiger partial charge in [-0.3, -0.25) is 9.59 Å². The van der Waals surface area contributed by atoms with Crippen molar-refractivity contribution in [2.45, 2.75) is 0 Å². The standard InChI is InChI=1S/C16H14ClNO4/c1-21-13-7-6-11(9-14(13)22-2)16(20)18-12-5-3-4-10(8-12)15(17)19/h3-9H,1-2H3,(H,18,20). The number of hydrogen-bond donors (Lipinski definition) is 1. The molecule has 2 rings (SSSR count). The second kappa shape index (κ2) is 6.95. The van der Waals surface area contributed by atoms with Crippen molar-refractivity contribution in [3.63, 3.8) is 0 Å². The van der Waals surface area contributed by atoms with E-state index < -0.39 is 5.24 Å². The van der Waals surface area contributed by atoms with Crippen LogP contribution in [0, 0.1) is 0 Å². The molecule has 0 bridgehead atoms. The van der Waals surface area contributed by atoms with Crippen molar-refractivity contribution in [3.05, 3.63) is 53.6 Å². The second-order valence-electron chi connectivity index (χ2n) is 4.38. The van der Waals surface area contributed by atoms with Gasteiger partial charge in [-0.05, 0) is 48.0 Å². The van der Waals surface area contributed by atoms with Crippen LogP contribution < -0.4 is 14.8 Å². The first kappa shape index (κ1) is 15.9. The molecule has 2 aromatic rings. The number of carbonyl (C=O) groups is 2. The normalized spacial score (nSPS) is 9.95. The van der Waals surface area contributed by atoms with Gasteiger partial charge in [0.2, 0.25) is 0 Å². The quantitative estimate of drug-likeness (QED) is 0.858. The highest BCUT2D eigenvalue weighted by atomic mass is 35.5. The van der Waals surface area contributed by atoms with Crippen molar-refractivity contribution >= 4 is 28.4 Å². The first-order valence-corrected chi connectivity index (χ1v) is 6.76. The predicted molar refractivity (Wildman–Crippen MR) is 84.1 cm³/mol. The molecule has 0 aromatic heterocycles. The molecule has 22 heavy (non-hydrogen) atoms. The summed E-state index contributed by atoms with van der Waals surface area (Å²) >= 11 is 5.42. The summed E-state index contributed by atoms with van der Waals surface area (Å²) in [6.07, 6.45) is 0. The summed E-state index contributed by atoms with van der Waals surface area (Å²) in [6, 6.07) is 11.2. The number of rotatable bonds is 5. The highest BCUT2D eigenvalue weighted by Crippen LogP contribution is 2.27. The van der Waals surface area contributed by atoms with Gasteiger partial charge in [-0.25, -0.2) is 0 Å². The maximum Gasteiger partial charge on any atom is 0.255 e. The minimum atomic E-state index is -0.581. The fraction of sp³-hybridized carbons (Fsp3) is 0.125. The molecule has 0 atom stereocenters. The summed E-state index contributed by atoms with van der Waals surface area (Å²) in [5.41, 5.74) is 1.19. The number of anilines is 1. The molecule has 1 amide bonds. The Bertz CT molecular complexity index is 715. The first-order valence-electron chi connectivity index (χ1n) is 6.38. The van der Waals surface area contributed by atoms with E-state index in [2.05, 4.69) is 5.32 Å². The topological polar surface area (TPSA) is 64.6 Å². The van der Waals surface area contributed by atoms with Crippen LogP contribution in [-0.4, -0.2) is 25.4 Å². The zero-order valence-electron chi connectivity index (χ0n) is 12.1. The molecule has 0 fully saturated rings. The molecule has 0 saturated carbocycles. The van der Waals surface area contributed by atoms with E-state index in [1.165, 1.54) is 20.3 Å². The third kappa shape index (κ3) is 3.56. The number of methoxy groups -OCH3 is 2. The molecule has 0 saturated heterocycles. The fourth-order valence-corrected chi connectivity index (χ4v) is 2.02. The molecular formula is C16H14ClNO4. The second-order valence-corrected chi connectivity index (χ2v) is 4.72. The zero-order chi connectivity index (χ0) is 16.1. The molecule has 5 nitrogen and oxygen atoms in total. The number of benzene rings is 2. The van der Waals surface area contributed by atoms with Gasteiger partial charge in [0.25, 0.3) is 11.1 Å². The van der Waals surface area contributed by atoms with Crippen molar-refractivity contribution in [2.75, 3.05) is 19.5 Å². The number of amides is 1. The summed E-state index contributed by atoms with van der Waals surface area (Å²) in [4.78, 5) is 23.4. The highest BCUT2D eigenvalue weighted by molar-refractivity contribution is 6.67. The van der Waals surface area contributed by atoms with E-state index in [1.807, 2.05) is 0 Å². The third-order valence-corrected chi connectivity index (χ3v) is 3.21. The number of carbonyl (C=O) groups excluding carboxylic acids is 2. The Hall–Kier alpha value is -2.53. The van der Waals surface area contributed by atoms with E-state index in [4.69, 9.17) is 21.1 Å². The lowest BCUT2D eigenvalue weighted by atomic mass is 10.1. The van der Waals surface area contributed by atoms with Crippen molar-refractivity contribution in [1.82, 2.24) is 0 Å². The molecule has 114 valence electrons. The van der Waals surface area contributed by atoms with Crippen molar-refractivity contribution in [3.8, 4) is 11.5 Å². The number of ether oxygens (including phenoxy) is 2. The Balaban J connectivity index is 2.22. The molecule has 0 aliphatic heterocycles. The van der Waals surface area contributed by atoms with E-state index >= 15 is 0 Å². The van der Waals surface area contributed by atoms with E-state index in [0.29, 0.717) is 28.3 Å². The molecule has 0 spiro atoms. The van der Waals surface area contributed by atoms with Crippen molar-refractivity contribution < 1.29 is 19.1 Å². The van der Waals surface area contributed by atoms with Gasteiger partial charge in [0.15, 0.2) is 11.5 Å². The minimum absolute atomic E-state index is 0.312. The van der Waals surface area contributed by atoms with E-state index in [9.17, 15) is 9.59 Å². The van der Waals surface area contributed by atoms with Crippen LogP contribution in [0.4, 0.5) is 5.69 Å². The summed E-state index contributed by atoms with van der Waals surface area (Å²) < 4.78 is 10.3. The van der Waals surface area contributed by atoms with Crippen molar-refractivity contribution in [2.24, 2.45) is 0 Å². The maximum atomic E-state index is 12.2. The summed E-state index contributed by atoms with van der Waals surface area (Å²) in [5.74, 6) is 0.661. The van der Waals surface area contributed by atoms with Gasteiger partial charge in [-0.2, -0.15) is 0 Å². The van der Waals surface area contributed by atoms with Crippen LogP contribution in [0.15, 0.2) is 42.5 Å². The summed E-state index contributed by atoms with van der Waals surface area (Å²) in [5, 5.41) is 2.11. The van der Waals surface area contributed by atoms with Gasteiger partial charge in [0, 0.05) is 16.8 Å². The molecule has 0 heterocycles. The van der Waals surface area contributed by atoms with Gasteiger partial charge in [0.1, 0.15) is 0 Å². The van der Waals surface area contributed by atoms with Crippen LogP contribution in [0.1, 0.15) is 20.7 Å². The van der Waals surface area contributed by atoms with Crippen LogP contribution in [0.2, 0.25) is 0 Å². The van der Waals surface area contributed by atoms with Gasteiger partial charge in [-0.15, -0.1) is 0 Å². The number of halogens is 1. The Morgan fingerprint density at radius 2 is 1.68 bits per heavy atom. The van der Waals surface area contributed by atoms with Crippen LogP contribution >= 0.6 is 11.6 Å². The number of nitrogens with one attached hydrogen (secondary N) is 1. The van der Waals surface area contributed by atoms with Gasteiger partial charge in [-0.1, -0.05) is 6.07 Å². The van der Waals surface area contributed by atoms with Gasteiger partial charge in [0.05, 0.1) is 14.2 Å². The summed E-state index contributed by atoms with van der Waals surface area (Å²) in [6.45, 7) is 0. The van der Waals surface area contributed by atoms with E-state index in [-0.39, 0.29) is 5.91 Å². The van der Waals surface area contributed by atoms with Gasteiger partial charge >= 0.3 is 0 Å². The minimum Gasteiger partial charge on any atom is -0.493 e. The van der Waals surface area contributed by atoms with Crippen LogP contribution in [-0.2, 0) is 0 Å². The first-order chi connectivity index (χ1) is 10.5. The number of hydrogen-bond acceptors (Lipinski definition) is 4. The molecule has 6 heteroatoms. The summed E-state index contributed by atoms with van der Waals surface area (Å²) in [7, 11) is 3.02. The highest BCUT2D eigenvalue weighted by Gasteiger charge is 2.11. The Morgan fingerprint density at radius 3 is 2.32 bits per heavy atom. The average Bonchev–Trinajstić information content (AvgIpc) is 2.54. The molecule has 0 unspecified atom stereocenters. The molecule has 0 radical (unpaired) electrons. The lowest BCUT2D eigenvalue weighted by Gasteiger charge is -2.10. The molecule has 1 N–H and O–H groups in total. The Morgan fingerprint density at radius 1 is 0.955 bits per heavy atom.